The maximum absolute atomic E-state index is 14.2. The van der Waals surface area contributed by atoms with E-state index in [1.165, 1.54) is 12.1 Å². The van der Waals surface area contributed by atoms with Crippen molar-refractivity contribution in [3.8, 4) is 11.8 Å². The van der Waals surface area contributed by atoms with Gasteiger partial charge in [0.05, 0.1) is 28.4 Å². The Bertz CT molecular complexity index is 858. The van der Waals surface area contributed by atoms with Gasteiger partial charge in [-0.2, -0.15) is 5.26 Å². The first-order valence-corrected chi connectivity index (χ1v) is 6.05. The van der Waals surface area contributed by atoms with Crippen LogP contribution in [0.2, 0.25) is 0 Å². The standard InChI is InChI=1S/C15H11FN4/c1-9-3-2-4-13-14(9)19-15(18)20(13)12-6-5-10(8-17)7-11(12)16/h2-7H,1H3,(H2,18,19). The Morgan fingerprint density at radius 3 is 2.80 bits per heavy atom. The molecule has 0 amide bonds. The smallest absolute Gasteiger partial charge is 0.206 e. The summed E-state index contributed by atoms with van der Waals surface area (Å²) in [6.45, 7) is 1.92. The summed E-state index contributed by atoms with van der Waals surface area (Å²) in [5.74, 6) is -0.283. The lowest BCUT2D eigenvalue weighted by Crippen LogP contribution is -2.03. The van der Waals surface area contributed by atoms with Crippen molar-refractivity contribution in [2.24, 2.45) is 0 Å². The molecule has 0 radical (unpaired) electrons. The second-order valence-corrected chi connectivity index (χ2v) is 4.53. The van der Waals surface area contributed by atoms with Gasteiger partial charge in [-0.05, 0) is 36.8 Å². The lowest BCUT2D eigenvalue weighted by Gasteiger charge is -2.08. The van der Waals surface area contributed by atoms with Crippen molar-refractivity contribution < 1.29 is 4.39 Å². The zero-order valence-electron chi connectivity index (χ0n) is 10.8. The minimum absolute atomic E-state index is 0.220. The molecule has 3 rings (SSSR count). The molecular weight excluding hydrogens is 255 g/mol. The van der Waals surface area contributed by atoms with Crippen LogP contribution in [0.5, 0.6) is 0 Å². The van der Waals surface area contributed by atoms with Gasteiger partial charge in [-0.25, -0.2) is 9.37 Å². The number of nitrogens with zero attached hydrogens (tertiary/aromatic N) is 3. The third-order valence-electron chi connectivity index (χ3n) is 3.23. The number of hydrogen-bond donors (Lipinski definition) is 1. The van der Waals surface area contributed by atoms with Gasteiger partial charge in [0, 0.05) is 0 Å². The zero-order valence-corrected chi connectivity index (χ0v) is 10.8. The fourth-order valence-electron chi connectivity index (χ4n) is 2.27. The highest BCUT2D eigenvalue weighted by atomic mass is 19.1. The molecule has 2 N–H and O–H groups in total. The van der Waals surface area contributed by atoms with Gasteiger partial charge < -0.3 is 5.73 Å². The van der Waals surface area contributed by atoms with E-state index in [9.17, 15) is 4.39 Å². The Morgan fingerprint density at radius 2 is 2.10 bits per heavy atom. The number of rotatable bonds is 1. The molecule has 0 atom stereocenters. The van der Waals surface area contributed by atoms with Crippen LogP contribution >= 0.6 is 0 Å². The summed E-state index contributed by atoms with van der Waals surface area (Å²) in [5.41, 5.74) is 8.93. The van der Waals surface area contributed by atoms with E-state index in [-0.39, 0.29) is 17.2 Å². The minimum atomic E-state index is -0.503. The summed E-state index contributed by atoms with van der Waals surface area (Å²) < 4.78 is 15.7. The van der Waals surface area contributed by atoms with Crippen LogP contribution in [0, 0.1) is 24.1 Å². The summed E-state index contributed by atoms with van der Waals surface area (Å²) in [6.07, 6.45) is 0. The highest BCUT2D eigenvalue weighted by Gasteiger charge is 2.14. The first-order valence-electron chi connectivity index (χ1n) is 6.05. The molecule has 0 spiro atoms. The topological polar surface area (TPSA) is 67.6 Å². The molecule has 0 aliphatic carbocycles. The SMILES string of the molecule is Cc1cccc2c1nc(N)n2-c1ccc(C#N)cc1F. The van der Waals surface area contributed by atoms with Gasteiger partial charge >= 0.3 is 0 Å². The normalized spacial score (nSPS) is 10.7. The van der Waals surface area contributed by atoms with Crippen molar-refractivity contribution in [3.63, 3.8) is 0 Å². The number of halogens is 1. The maximum Gasteiger partial charge on any atom is 0.206 e. The lowest BCUT2D eigenvalue weighted by atomic mass is 10.2. The number of anilines is 1. The highest BCUT2D eigenvalue weighted by molar-refractivity contribution is 5.83. The van der Waals surface area contributed by atoms with E-state index in [1.807, 2.05) is 31.2 Å². The van der Waals surface area contributed by atoms with E-state index >= 15 is 0 Å². The summed E-state index contributed by atoms with van der Waals surface area (Å²) in [7, 11) is 0. The van der Waals surface area contributed by atoms with E-state index in [4.69, 9.17) is 11.0 Å². The molecule has 0 aliphatic rings. The Kier molecular flexibility index (Phi) is 2.65. The molecule has 5 heteroatoms. The quantitative estimate of drug-likeness (QED) is 0.736. The van der Waals surface area contributed by atoms with Crippen LogP contribution in [0.1, 0.15) is 11.1 Å². The Morgan fingerprint density at radius 1 is 1.30 bits per heavy atom. The highest BCUT2D eigenvalue weighted by Crippen LogP contribution is 2.26. The fourth-order valence-corrected chi connectivity index (χ4v) is 2.27. The Balaban J connectivity index is 2.33. The number of hydrogen-bond acceptors (Lipinski definition) is 3. The van der Waals surface area contributed by atoms with E-state index in [0.29, 0.717) is 0 Å². The van der Waals surface area contributed by atoms with Gasteiger partial charge in [-0.1, -0.05) is 12.1 Å². The average Bonchev–Trinajstić information content (AvgIpc) is 2.77. The van der Waals surface area contributed by atoms with Gasteiger partial charge in [0.2, 0.25) is 5.95 Å². The largest absolute Gasteiger partial charge is 0.369 e. The number of benzene rings is 2. The number of imidazole rings is 1. The molecule has 4 nitrogen and oxygen atoms in total. The predicted molar refractivity (Wildman–Crippen MR) is 74.9 cm³/mol. The summed E-state index contributed by atoms with van der Waals surface area (Å²) in [6, 6.07) is 11.8. The molecule has 0 fully saturated rings. The third-order valence-corrected chi connectivity index (χ3v) is 3.23. The number of nitrogens with two attached hydrogens (primary N) is 1. The van der Waals surface area contributed by atoms with Gasteiger partial charge in [0.25, 0.3) is 0 Å². The van der Waals surface area contributed by atoms with Crippen molar-refractivity contribution in [2.75, 3.05) is 5.73 Å². The van der Waals surface area contributed by atoms with Crippen molar-refractivity contribution in [1.82, 2.24) is 9.55 Å². The van der Waals surface area contributed by atoms with Crippen LogP contribution in [-0.4, -0.2) is 9.55 Å². The van der Waals surface area contributed by atoms with Crippen LogP contribution in [0.15, 0.2) is 36.4 Å². The minimum Gasteiger partial charge on any atom is -0.369 e. The molecule has 2 aromatic carbocycles. The molecule has 1 aromatic heterocycles. The van der Waals surface area contributed by atoms with E-state index in [2.05, 4.69) is 4.98 Å². The molecular formula is C15H11FN4. The molecule has 0 aliphatic heterocycles. The number of nitriles is 1. The molecule has 0 unspecified atom stereocenters. The monoisotopic (exact) mass is 266 g/mol. The van der Waals surface area contributed by atoms with Crippen molar-refractivity contribution in [2.45, 2.75) is 6.92 Å². The zero-order chi connectivity index (χ0) is 14.3. The number of para-hydroxylation sites is 1. The molecule has 20 heavy (non-hydrogen) atoms. The molecule has 98 valence electrons. The van der Waals surface area contributed by atoms with Crippen molar-refractivity contribution in [1.29, 1.82) is 5.26 Å². The first kappa shape index (κ1) is 12.2. The molecule has 0 saturated carbocycles. The van der Waals surface area contributed by atoms with Crippen LogP contribution in [0.25, 0.3) is 16.7 Å². The average molecular weight is 266 g/mol. The van der Waals surface area contributed by atoms with Crippen LogP contribution in [0.4, 0.5) is 10.3 Å². The van der Waals surface area contributed by atoms with Crippen LogP contribution < -0.4 is 5.73 Å². The molecule has 3 aromatic rings. The van der Waals surface area contributed by atoms with Gasteiger partial charge in [-0.15, -0.1) is 0 Å². The van der Waals surface area contributed by atoms with Crippen LogP contribution in [-0.2, 0) is 0 Å². The van der Waals surface area contributed by atoms with E-state index in [0.717, 1.165) is 16.6 Å². The number of aryl methyl sites for hydroxylation is 1. The molecule has 1 heterocycles. The van der Waals surface area contributed by atoms with Crippen molar-refractivity contribution >= 4 is 17.0 Å². The van der Waals surface area contributed by atoms with Gasteiger partial charge in [0.1, 0.15) is 5.82 Å². The molecule has 0 bridgehead atoms. The van der Waals surface area contributed by atoms with E-state index in [1.54, 1.807) is 10.6 Å². The summed E-state index contributed by atoms with van der Waals surface area (Å²) in [5, 5.41) is 8.79. The summed E-state index contributed by atoms with van der Waals surface area (Å²) >= 11 is 0. The Labute approximate surface area is 114 Å². The van der Waals surface area contributed by atoms with Crippen molar-refractivity contribution in [3.05, 3.63) is 53.3 Å². The van der Waals surface area contributed by atoms with E-state index < -0.39 is 5.82 Å². The maximum atomic E-state index is 14.2. The molecule has 0 saturated heterocycles. The fraction of sp³-hybridized carbons (Fsp3) is 0.0667. The second-order valence-electron chi connectivity index (χ2n) is 4.53. The third kappa shape index (κ3) is 1.70. The number of nitrogen functional groups attached to an aromatic ring is 1. The number of fused-ring (bicyclic) bond motifs is 1. The van der Waals surface area contributed by atoms with Gasteiger partial charge in [-0.3, -0.25) is 4.57 Å². The number of aromatic nitrogens is 2. The second kappa shape index (κ2) is 4.35. The Hall–Kier alpha value is -2.87. The van der Waals surface area contributed by atoms with Crippen LogP contribution in [0.3, 0.4) is 0 Å². The predicted octanol–water partition coefficient (Wildman–Crippen LogP) is 2.93. The summed E-state index contributed by atoms with van der Waals surface area (Å²) in [4.78, 5) is 4.28. The first-order chi connectivity index (χ1) is 9.61. The lowest BCUT2D eigenvalue weighted by molar-refractivity contribution is 0.619. The van der Waals surface area contributed by atoms with Gasteiger partial charge in [0.15, 0.2) is 0 Å².